The summed E-state index contributed by atoms with van der Waals surface area (Å²) in [5.74, 6) is 1.46. The number of hydrogen-bond acceptors (Lipinski definition) is 5. The first kappa shape index (κ1) is 16.2. The molecule has 2 rings (SSSR count). The van der Waals surface area contributed by atoms with Gasteiger partial charge in [0.1, 0.15) is 18.1 Å². The summed E-state index contributed by atoms with van der Waals surface area (Å²) in [6.45, 7) is 0.779. The van der Waals surface area contributed by atoms with Gasteiger partial charge in [0.05, 0.1) is 14.2 Å². The van der Waals surface area contributed by atoms with Gasteiger partial charge in [-0.05, 0) is 40.9 Å². The van der Waals surface area contributed by atoms with Gasteiger partial charge >= 0.3 is 6.09 Å². The van der Waals surface area contributed by atoms with E-state index >= 15 is 0 Å². The maximum absolute atomic E-state index is 11.6. The van der Waals surface area contributed by atoms with Crippen LogP contribution in [0.25, 0.3) is 0 Å². The van der Waals surface area contributed by atoms with E-state index in [2.05, 4.69) is 5.32 Å². The van der Waals surface area contributed by atoms with Gasteiger partial charge < -0.3 is 19.5 Å². The molecule has 118 valence electrons. The molecule has 0 unspecified atom stereocenters. The molecule has 2 aromatic rings. The lowest BCUT2D eigenvalue weighted by Crippen LogP contribution is -2.26. The van der Waals surface area contributed by atoms with E-state index < -0.39 is 6.09 Å². The Labute approximate surface area is 133 Å². The lowest BCUT2D eigenvalue weighted by Gasteiger charge is -2.09. The van der Waals surface area contributed by atoms with E-state index in [1.165, 1.54) is 0 Å². The molecular weight excluding hydrogens is 302 g/mol. The average Bonchev–Trinajstić information content (AvgIpc) is 3.06. The average molecular weight is 321 g/mol. The molecule has 0 atom stereocenters. The minimum Gasteiger partial charge on any atom is -0.497 e. The minimum atomic E-state index is -0.416. The molecule has 0 bridgehead atoms. The monoisotopic (exact) mass is 321 g/mol. The Hall–Kier alpha value is -2.21. The van der Waals surface area contributed by atoms with Gasteiger partial charge in [-0.1, -0.05) is 0 Å². The van der Waals surface area contributed by atoms with Crippen LogP contribution in [-0.2, 0) is 17.8 Å². The number of ether oxygens (including phenoxy) is 3. The lowest BCUT2D eigenvalue weighted by molar-refractivity contribution is 0.140. The molecule has 1 heterocycles. The molecule has 0 saturated heterocycles. The molecule has 6 heteroatoms. The number of hydrogen-bond donors (Lipinski definition) is 1. The molecule has 22 heavy (non-hydrogen) atoms. The SMILES string of the molecule is COc1cc(CCNC(=O)OCc2ccsc2)cc(OC)c1. The van der Waals surface area contributed by atoms with Crippen LogP contribution < -0.4 is 14.8 Å². The third-order valence-corrected chi connectivity index (χ3v) is 3.78. The maximum Gasteiger partial charge on any atom is 0.407 e. The normalized spacial score (nSPS) is 10.1. The second kappa shape index (κ2) is 8.29. The Morgan fingerprint density at radius 1 is 1.14 bits per heavy atom. The topological polar surface area (TPSA) is 56.8 Å². The highest BCUT2D eigenvalue weighted by atomic mass is 32.1. The van der Waals surface area contributed by atoms with Crippen molar-refractivity contribution >= 4 is 17.4 Å². The molecule has 0 aliphatic rings. The highest BCUT2D eigenvalue weighted by Gasteiger charge is 2.05. The number of benzene rings is 1. The quantitative estimate of drug-likeness (QED) is 0.850. The Morgan fingerprint density at radius 3 is 2.45 bits per heavy atom. The first-order valence-corrected chi connectivity index (χ1v) is 7.79. The predicted octanol–water partition coefficient (Wildman–Crippen LogP) is 3.23. The Bertz CT molecular complexity index is 576. The van der Waals surface area contributed by atoms with E-state index in [1.807, 2.05) is 35.0 Å². The summed E-state index contributed by atoms with van der Waals surface area (Å²) in [6.07, 6.45) is 0.252. The number of carbonyl (C=O) groups is 1. The number of nitrogens with one attached hydrogen (secondary N) is 1. The van der Waals surface area contributed by atoms with Crippen molar-refractivity contribution in [2.45, 2.75) is 13.0 Å². The van der Waals surface area contributed by atoms with E-state index in [0.29, 0.717) is 19.6 Å². The number of methoxy groups -OCH3 is 2. The van der Waals surface area contributed by atoms with Gasteiger partial charge in [0, 0.05) is 18.2 Å². The molecule has 0 fully saturated rings. The summed E-state index contributed by atoms with van der Waals surface area (Å²) in [5, 5.41) is 6.63. The van der Waals surface area contributed by atoms with Crippen LogP contribution in [0.1, 0.15) is 11.1 Å². The molecule has 0 saturated carbocycles. The summed E-state index contributed by atoms with van der Waals surface area (Å²) in [7, 11) is 3.22. The number of alkyl carbamates (subject to hydrolysis) is 1. The fraction of sp³-hybridized carbons (Fsp3) is 0.312. The van der Waals surface area contributed by atoms with Crippen molar-refractivity contribution in [1.29, 1.82) is 0 Å². The first-order valence-electron chi connectivity index (χ1n) is 6.85. The third-order valence-electron chi connectivity index (χ3n) is 3.04. The second-order valence-corrected chi connectivity index (χ2v) is 5.39. The van der Waals surface area contributed by atoms with E-state index in [9.17, 15) is 4.79 Å². The summed E-state index contributed by atoms with van der Waals surface area (Å²) in [6, 6.07) is 7.58. The summed E-state index contributed by atoms with van der Waals surface area (Å²) in [5.41, 5.74) is 2.02. The van der Waals surface area contributed by atoms with Crippen molar-refractivity contribution in [3.63, 3.8) is 0 Å². The standard InChI is InChI=1S/C16H19NO4S/c1-19-14-7-12(8-15(9-14)20-2)3-5-17-16(18)21-10-13-4-6-22-11-13/h4,6-9,11H,3,5,10H2,1-2H3,(H,17,18). The van der Waals surface area contributed by atoms with Crippen molar-refractivity contribution < 1.29 is 19.0 Å². The molecule has 1 N–H and O–H groups in total. The van der Waals surface area contributed by atoms with Crippen LogP contribution in [0.5, 0.6) is 11.5 Å². The lowest BCUT2D eigenvalue weighted by atomic mass is 10.1. The molecule has 0 aliphatic heterocycles. The maximum atomic E-state index is 11.6. The molecule has 0 radical (unpaired) electrons. The Balaban J connectivity index is 1.76. The van der Waals surface area contributed by atoms with Gasteiger partial charge in [-0.15, -0.1) is 0 Å². The van der Waals surface area contributed by atoms with Crippen LogP contribution in [-0.4, -0.2) is 26.9 Å². The van der Waals surface area contributed by atoms with Crippen LogP contribution in [0.4, 0.5) is 4.79 Å². The molecule has 0 spiro atoms. The van der Waals surface area contributed by atoms with E-state index in [4.69, 9.17) is 14.2 Å². The highest BCUT2D eigenvalue weighted by molar-refractivity contribution is 7.07. The highest BCUT2D eigenvalue weighted by Crippen LogP contribution is 2.22. The molecule has 1 aromatic heterocycles. The molecule has 0 aliphatic carbocycles. The molecular formula is C16H19NO4S. The van der Waals surface area contributed by atoms with Gasteiger partial charge in [0.25, 0.3) is 0 Å². The van der Waals surface area contributed by atoms with E-state index in [1.54, 1.807) is 25.6 Å². The second-order valence-electron chi connectivity index (χ2n) is 4.61. The van der Waals surface area contributed by atoms with Crippen LogP contribution in [0, 0.1) is 0 Å². The van der Waals surface area contributed by atoms with Crippen molar-refractivity contribution in [2.24, 2.45) is 0 Å². The number of carbonyl (C=O) groups excluding carboxylic acids is 1. The fourth-order valence-electron chi connectivity index (χ4n) is 1.89. The van der Waals surface area contributed by atoms with Gasteiger partial charge in [0.15, 0.2) is 0 Å². The van der Waals surface area contributed by atoms with Crippen molar-refractivity contribution in [1.82, 2.24) is 5.32 Å². The van der Waals surface area contributed by atoms with Gasteiger partial charge in [0.2, 0.25) is 0 Å². The zero-order valence-electron chi connectivity index (χ0n) is 12.6. The number of amides is 1. The first-order chi connectivity index (χ1) is 10.7. The zero-order valence-corrected chi connectivity index (χ0v) is 13.4. The number of thiophene rings is 1. The Morgan fingerprint density at radius 2 is 1.86 bits per heavy atom. The van der Waals surface area contributed by atoms with Crippen molar-refractivity contribution in [2.75, 3.05) is 20.8 Å². The van der Waals surface area contributed by atoms with Gasteiger partial charge in [-0.25, -0.2) is 4.79 Å². The third kappa shape index (κ3) is 4.96. The summed E-state index contributed by atoms with van der Waals surface area (Å²) >= 11 is 1.58. The van der Waals surface area contributed by atoms with Crippen molar-refractivity contribution in [3.8, 4) is 11.5 Å². The van der Waals surface area contributed by atoms with Crippen LogP contribution in [0.3, 0.4) is 0 Å². The molecule has 1 aromatic carbocycles. The minimum absolute atomic E-state index is 0.294. The van der Waals surface area contributed by atoms with Crippen LogP contribution in [0.2, 0.25) is 0 Å². The number of rotatable bonds is 7. The summed E-state index contributed by atoms with van der Waals surface area (Å²) in [4.78, 5) is 11.6. The molecule has 5 nitrogen and oxygen atoms in total. The van der Waals surface area contributed by atoms with Gasteiger partial charge in [-0.3, -0.25) is 0 Å². The smallest absolute Gasteiger partial charge is 0.407 e. The Kier molecular flexibility index (Phi) is 6.09. The van der Waals surface area contributed by atoms with Crippen LogP contribution in [0.15, 0.2) is 35.0 Å². The van der Waals surface area contributed by atoms with E-state index in [0.717, 1.165) is 22.6 Å². The zero-order chi connectivity index (χ0) is 15.8. The van der Waals surface area contributed by atoms with Crippen molar-refractivity contribution in [3.05, 3.63) is 46.2 Å². The molecule has 1 amide bonds. The fourth-order valence-corrected chi connectivity index (χ4v) is 2.55. The largest absolute Gasteiger partial charge is 0.497 e. The van der Waals surface area contributed by atoms with Gasteiger partial charge in [-0.2, -0.15) is 11.3 Å². The predicted molar refractivity (Wildman–Crippen MR) is 85.8 cm³/mol. The summed E-state index contributed by atoms with van der Waals surface area (Å²) < 4.78 is 15.5. The van der Waals surface area contributed by atoms with E-state index in [-0.39, 0.29) is 0 Å². The van der Waals surface area contributed by atoms with Crippen LogP contribution >= 0.6 is 11.3 Å².